The molecule has 0 saturated heterocycles. The van der Waals surface area contributed by atoms with E-state index in [1.54, 1.807) is 7.05 Å². The Morgan fingerprint density at radius 1 is 1.30 bits per heavy atom. The lowest BCUT2D eigenvalue weighted by Crippen LogP contribution is -2.42. The molecule has 9 heteroatoms. The number of aliphatic imine (C=N–C) groups is 1. The van der Waals surface area contributed by atoms with Crippen LogP contribution in [-0.4, -0.2) is 45.1 Å². The van der Waals surface area contributed by atoms with Gasteiger partial charge in [-0.05, 0) is 24.7 Å². The van der Waals surface area contributed by atoms with Crippen LogP contribution in [-0.2, 0) is 16.4 Å². The molecule has 0 saturated carbocycles. The summed E-state index contributed by atoms with van der Waals surface area (Å²) in [6, 6.07) is 1.99. The molecule has 0 aliphatic rings. The van der Waals surface area contributed by atoms with E-state index < -0.39 is 9.84 Å². The molecule has 1 aromatic heterocycles. The molecule has 0 aliphatic carbocycles. The van der Waals surface area contributed by atoms with Crippen molar-refractivity contribution in [3.63, 3.8) is 0 Å². The van der Waals surface area contributed by atoms with Crippen LogP contribution in [0.4, 0.5) is 0 Å². The Bertz CT molecular complexity index is 683. The molecule has 7 nitrogen and oxygen atoms in total. The highest BCUT2D eigenvalue weighted by Crippen LogP contribution is 2.22. The van der Waals surface area contributed by atoms with E-state index in [0.717, 1.165) is 24.3 Å². The second-order valence-corrected chi connectivity index (χ2v) is 9.81. The molecule has 0 aromatic carbocycles. The molecule has 1 aromatic rings. The van der Waals surface area contributed by atoms with Crippen LogP contribution in [0.2, 0.25) is 0 Å². The molecule has 0 amide bonds. The summed E-state index contributed by atoms with van der Waals surface area (Å²) in [6.45, 7) is 9.50. The number of nitrogens with zero attached hydrogens (tertiary/aromatic N) is 2. The van der Waals surface area contributed by atoms with Gasteiger partial charge in [-0.3, -0.25) is 4.99 Å². The number of halogens is 1. The first-order valence-corrected chi connectivity index (χ1v) is 11.2. The van der Waals surface area contributed by atoms with Crippen LogP contribution < -0.4 is 10.6 Å². The topological polar surface area (TPSA) is 96.6 Å². The van der Waals surface area contributed by atoms with Crippen molar-refractivity contribution in [2.24, 2.45) is 10.4 Å². The molecule has 0 radical (unpaired) electrons. The largest absolute Gasteiger partial charge is 0.359 e. The number of guanidine groups is 1. The summed E-state index contributed by atoms with van der Waals surface area (Å²) in [5.74, 6) is 2.04. The fourth-order valence-corrected chi connectivity index (χ4v) is 3.50. The Balaban J connectivity index is 0.00000676. The fourth-order valence-electron chi connectivity index (χ4n) is 2.58. The lowest BCUT2D eigenvalue weighted by Gasteiger charge is -2.25. The van der Waals surface area contributed by atoms with Gasteiger partial charge in [0.15, 0.2) is 11.7 Å². The molecule has 2 N–H and O–H groups in total. The molecule has 0 aliphatic heterocycles. The number of hydrogen-bond donors (Lipinski definition) is 2. The fraction of sp³-hybridized carbons (Fsp3) is 0.778. The first kappa shape index (κ1) is 26.2. The van der Waals surface area contributed by atoms with E-state index in [4.69, 9.17) is 4.52 Å². The minimum Gasteiger partial charge on any atom is -0.359 e. The Morgan fingerprint density at radius 2 is 1.93 bits per heavy atom. The molecular weight excluding hydrogens is 479 g/mol. The first-order valence-electron chi connectivity index (χ1n) is 9.18. The van der Waals surface area contributed by atoms with Crippen molar-refractivity contribution in [3.8, 4) is 0 Å². The van der Waals surface area contributed by atoms with Crippen LogP contribution in [0.5, 0.6) is 0 Å². The molecule has 1 heterocycles. The van der Waals surface area contributed by atoms with Gasteiger partial charge >= 0.3 is 0 Å². The standard InChI is InChI=1S/C18H34N4O3S.HI/c1-7-14(8-2)16-11-15(25-22-16)12-20-17(19-5)21-13-18(3,4)9-10-26(6,23)24;/h11,14H,7-10,12-13H2,1-6H3,(H2,19,20,21);1H. The van der Waals surface area contributed by atoms with E-state index in [0.29, 0.717) is 31.4 Å². The number of nitrogens with one attached hydrogen (secondary N) is 2. The minimum atomic E-state index is -2.95. The summed E-state index contributed by atoms with van der Waals surface area (Å²) in [5.41, 5.74) is 0.840. The average molecular weight is 514 g/mol. The Kier molecular flexibility index (Phi) is 11.5. The number of sulfone groups is 1. The molecular formula is C18H35IN4O3S. The predicted molar refractivity (Wildman–Crippen MR) is 122 cm³/mol. The SMILES string of the molecule is CCC(CC)c1cc(CNC(=NC)NCC(C)(C)CCS(C)(=O)=O)on1.I. The van der Waals surface area contributed by atoms with Gasteiger partial charge in [0, 0.05) is 31.8 Å². The third-order valence-corrected chi connectivity index (χ3v) is 5.46. The summed E-state index contributed by atoms with van der Waals surface area (Å²) < 4.78 is 28.1. The van der Waals surface area contributed by atoms with Gasteiger partial charge in [-0.2, -0.15) is 0 Å². The van der Waals surface area contributed by atoms with Gasteiger partial charge < -0.3 is 15.2 Å². The van der Waals surface area contributed by atoms with Crippen molar-refractivity contribution in [1.82, 2.24) is 15.8 Å². The highest BCUT2D eigenvalue weighted by molar-refractivity contribution is 14.0. The van der Waals surface area contributed by atoms with Gasteiger partial charge in [0.2, 0.25) is 0 Å². The van der Waals surface area contributed by atoms with E-state index in [-0.39, 0.29) is 35.1 Å². The summed E-state index contributed by atoms with van der Waals surface area (Å²) in [7, 11) is -1.25. The minimum absolute atomic E-state index is 0. The van der Waals surface area contributed by atoms with Gasteiger partial charge in [-0.1, -0.05) is 32.9 Å². The van der Waals surface area contributed by atoms with Gasteiger partial charge in [-0.25, -0.2) is 8.42 Å². The third-order valence-electron chi connectivity index (χ3n) is 4.52. The van der Waals surface area contributed by atoms with Crippen molar-refractivity contribution < 1.29 is 12.9 Å². The molecule has 0 spiro atoms. The van der Waals surface area contributed by atoms with Crippen LogP contribution in [0.3, 0.4) is 0 Å². The maximum atomic E-state index is 11.4. The van der Waals surface area contributed by atoms with Crippen molar-refractivity contribution in [3.05, 3.63) is 17.5 Å². The van der Waals surface area contributed by atoms with Crippen LogP contribution >= 0.6 is 24.0 Å². The van der Waals surface area contributed by atoms with E-state index >= 15 is 0 Å². The maximum Gasteiger partial charge on any atom is 0.191 e. The lowest BCUT2D eigenvalue weighted by atomic mass is 9.90. The van der Waals surface area contributed by atoms with Crippen LogP contribution in [0.1, 0.15) is 64.3 Å². The number of aromatic nitrogens is 1. The smallest absolute Gasteiger partial charge is 0.191 e. The second-order valence-electron chi connectivity index (χ2n) is 7.55. The van der Waals surface area contributed by atoms with E-state index in [1.165, 1.54) is 6.26 Å². The summed E-state index contributed by atoms with van der Waals surface area (Å²) >= 11 is 0. The summed E-state index contributed by atoms with van der Waals surface area (Å²) in [6.07, 6.45) is 3.95. The van der Waals surface area contributed by atoms with Gasteiger partial charge in [0.1, 0.15) is 9.84 Å². The van der Waals surface area contributed by atoms with Gasteiger partial charge in [0.05, 0.1) is 18.0 Å². The zero-order valence-electron chi connectivity index (χ0n) is 17.3. The van der Waals surface area contributed by atoms with Gasteiger partial charge in [0.25, 0.3) is 0 Å². The molecule has 27 heavy (non-hydrogen) atoms. The second kappa shape index (κ2) is 11.9. The third kappa shape index (κ3) is 10.3. The molecule has 0 atom stereocenters. The molecule has 0 bridgehead atoms. The highest BCUT2D eigenvalue weighted by Gasteiger charge is 2.20. The molecule has 1 rings (SSSR count). The summed E-state index contributed by atoms with van der Waals surface area (Å²) in [5, 5.41) is 10.6. The molecule has 0 unspecified atom stereocenters. The van der Waals surface area contributed by atoms with E-state index in [2.05, 4.69) is 34.6 Å². The Morgan fingerprint density at radius 3 is 2.44 bits per heavy atom. The highest BCUT2D eigenvalue weighted by atomic mass is 127. The van der Waals surface area contributed by atoms with Crippen molar-refractivity contribution in [1.29, 1.82) is 0 Å². The summed E-state index contributed by atoms with van der Waals surface area (Å²) in [4.78, 5) is 4.20. The molecule has 158 valence electrons. The average Bonchev–Trinajstić information content (AvgIpc) is 3.03. The maximum absolute atomic E-state index is 11.4. The number of hydrogen-bond acceptors (Lipinski definition) is 5. The van der Waals surface area contributed by atoms with Crippen molar-refractivity contribution >= 4 is 39.8 Å². The normalized spacial score (nSPS) is 12.8. The zero-order chi connectivity index (χ0) is 19.8. The monoisotopic (exact) mass is 514 g/mol. The van der Waals surface area contributed by atoms with Crippen LogP contribution in [0.15, 0.2) is 15.6 Å². The Hall–Kier alpha value is -0.840. The zero-order valence-corrected chi connectivity index (χ0v) is 20.5. The lowest BCUT2D eigenvalue weighted by molar-refractivity contribution is 0.347. The van der Waals surface area contributed by atoms with Crippen molar-refractivity contribution in [2.45, 2.75) is 59.4 Å². The molecule has 0 fully saturated rings. The quantitative estimate of drug-likeness (QED) is 0.283. The van der Waals surface area contributed by atoms with Crippen molar-refractivity contribution in [2.75, 3.05) is 25.6 Å². The number of rotatable bonds is 10. The van der Waals surface area contributed by atoms with Crippen LogP contribution in [0, 0.1) is 5.41 Å². The first-order chi connectivity index (χ1) is 12.1. The van der Waals surface area contributed by atoms with E-state index in [9.17, 15) is 8.42 Å². The van der Waals surface area contributed by atoms with E-state index in [1.807, 2.05) is 19.9 Å². The van der Waals surface area contributed by atoms with Crippen LogP contribution in [0.25, 0.3) is 0 Å². The Labute approximate surface area is 181 Å². The predicted octanol–water partition coefficient (Wildman–Crippen LogP) is 3.32. The van der Waals surface area contributed by atoms with Gasteiger partial charge in [-0.15, -0.1) is 24.0 Å².